The summed E-state index contributed by atoms with van der Waals surface area (Å²) in [6.45, 7) is 0. The molecule has 1 aromatic heterocycles. The van der Waals surface area contributed by atoms with Crippen LogP contribution in [0.25, 0.3) is 16.6 Å². The number of hydrogen-bond donors (Lipinski definition) is 1. The van der Waals surface area contributed by atoms with Gasteiger partial charge in [-0.2, -0.15) is 0 Å². The second kappa shape index (κ2) is 4.65. The van der Waals surface area contributed by atoms with Gasteiger partial charge in [0.15, 0.2) is 11.5 Å². The maximum atomic E-state index is 6.03. The van der Waals surface area contributed by atoms with E-state index in [0.717, 1.165) is 39.5 Å². The molecule has 4 aromatic rings. The Morgan fingerprint density at radius 3 is 2.48 bits per heavy atom. The van der Waals surface area contributed by atoms with Gasteiger partial charge in [0.05, 0.1) is 16.9 Å². The molecule has 0 aliphatic carbocycles. The molecular weight excluding hydrogens is 284 g/mol. The van der Waals surface area contributed by atoms with E-state index in [4.69, 9.17) is 4.74 Å². The molecule has 23 heavy (non-hydrogen) atoms. The first kappa shape index (κ1) is 12.4. The highest BCUT2D eigenvalue weighted by atomic mass is 16.5. The fraction of sp³-hybridized carbons (Fsp3) is 0. The first-order valence-electron chi connectivity index (χ1n) is 7.63. The fourth-order valence-electron chi connectivity index (χ4n) is 3.08. The summed E-state index contributed by atoms with van der Waals surface area (Å²) in [5.74, 6) is 1.73. The van der Waals surface area contributed by atoms with Crippen molar-refractivity contribution >= 4 is 22.3 Å². The zero-order chi connectivity index (χ0) is 15.2. The van der Waals surface area contributed by atoms with Crippen molar-refractivity contribution < 1.29 is 4.74 Å². The van der Waals surface area contributed by atoms with Crippen LogP contribution in [0.2, 0.25) is 0 Å². The zero-order valence-electron chi connectivity index (χ0n) is 12.4. The number of nitrogens with one attached hydrogen (secondary N) is 1. The lowest BCUT2D eigenvalue weighted by Crippen LogP contribution is -2.02. The average Bonchev–Trinajstić information content (AvgIpc) is 3.01. The van der Waals surface area contributed by atoms with E-state index in [1.54, 1.807) is 0 Å². The van der Waals surface area contributed by atoms with Crippen molar-refractivity contribution in [3.05, 3.63) is 79.0 Å². The number of ether oxygens (including phenoxy) is 1. The predicted molar refractivity (Wildman–Crippen MR) is 93.1 cm³/mol. The molecule has 0 fully saturated rings. The first-order valence-corrected chi connectivity index (χ1v) is 7.63. The van der Waals surface area contributed by atoms with Gasteiger partial charge >= 0.3 is 0 Å². The molecule has 2 heterocycles. The molecule has 0 unspecified atom stereocenters. The highest BCUT2D eigenvalue weighted by molar-refractivity contribution is 5.91. The zero-order valence-corrected chi connectivity index (χ0v) is 12.4. The third-order valence-corrected chi connectivity index (χ3v) is 4.20. The minimum absolute atomic E-state index is 0.863. The Morgan fingerprint density at radius 1 is 0.739 bits per heavy atom. The van der Waals surface area contributed by atoms with Crippen LogP contribution in [0, 0.1) is 0 Å². The van der Waals surface area contributed by atoms with Gasteiger partial charge in [-0.05, 0) is 42.5 Å². The predicted octanol–water partition coefficient (Wildman–Crippen LogP) is 5.48. The van der Waals surface area contributed by atoms with Gasteiger partial charge in [0, 0.05) is 17.3 Å². The van der Waals surface area contributed by atoms with E-state index in [1.807, 2.05) is 30.3 Å². The van der Waals surface area contributed by atoms with E-state index in [1.165, 1.54) is 0 Å². The summed E-state index contributed by atoms with van der Waals surface area (Å²) >= 11 is 0. The van der Waals surface area contributed by atoms with Crippen LogP contribution in [0.1, 0.15) is 0 Å². The molecule has 1 N–H and O–H groups in total. The summed E-state index contributed by atoms with van der Waals surface area (Å²) in [6.07, 6.45) is 2.10. The number of benzene rings is 3. The van der Waals surface area contributed by atoms with Gasteiger partial charge in [-0.25, -0.2) is 0 Å². The number of fused-ring (bicyclic) bond motifs is 3. The van der Waals surface area contributed by atoms with E-state index in [2.05, 4.69) is 58.5 Å². The summed E-state index contributed by atoms with van der Waals surface area (Å²) < 4.78 is 8.22. The lowest BCUT2D eigenvalue weighted by molar-refractivity contribution is 0.482. The third-order valence-electron chi connectivity index (χ3n) is 4.20. The van der Waals surface area contributed by atoms with Crippen LogP contribution in [-0.4, -0.2) is 4.57 Å². The van der Waals surface area contributed by atoms with Crippen LogP contribution >= 0.6 is 0 Å². The number of anilines is 2. The molecule has 110 valence electrons. The molecule has 0 radical (unpaired) electrons. The van der Waals surface area contributed by atoms with Gasteiger partial charge in [0.1, 0.15) is 0 Å². The molecule has 1 aliphatic heterocycles. The standard InChI is InChI=1S/C20H14N2O/c1-2-6-15(7-3-1)22-11-10-14-12-20-17(13-18(14)22)21-16-8-4-5-9-19(16)23-20/h1-13,21H. The van der Waals surface area contributed by atoms with Crippen LogP contribution in [0.4, 0.5) is 11.4 Å². The molecule has 0 atom stereocenters. The van der Waals surface area contributed by atoms with Crippen molar-refractivity contribution in [2.75, 3.05) is 5.32 Å². The Kier molecular flexibility index (Phi) is 2.50. The van der Waals surface area contributed by atoms with Gasteiger partial charge in [-0.3, -0.25) is 0 Å². The van der Waals surface area contributed by atoms with Crippen molar-refractivity contribution in [2.45, 2.75) is 0 Å². The van der Waals surface area contributed by atoms with Crippen molar-refractivity contribution in [1.82, 2.24) is 4.57 Å². The number of hydrogen-bond acceptors (Lipinski definition) is 2. The van der Waals surface area contributed by atoms with Crippen LogP contribution in [-0.2, 0) is 0 Å². The van der Waals surface area contributed by atoms with Crippen LogP contribution < -0.4 is 10.1 Å². The number of para-hydroxylation sites is 3. The average molecular weight is 298 g/mol. The molecule has 0 saturated carbocycles. The first-order chi connectivity index (χ1) is 11.4. The summed E-state index contributed by atoms with van der Waals surface area (Å²) in [5, 5.41) is 4.62. The summed E-state index contributed by atoms with van der Waals surface area (Å²) in [7, 11) is 0. The Balaban J connectivity index is 1.68. The Morgan fingerprint density at radius 2 is 1.57 bits per heavy atom. The third kappa shape index (κ3) is 1.90. The SMILES string of the molecule is c1ccc(-n2ccc3cc4c(cc32)Nc2ccccc2O4)cc1. The topological polar surface area (TPSA) is 26.2 Å². The number of rotatable bonds is 1. The lowest BCUT2D eigenvalue weighted by atomic mass is 10.1. The number of aromatic nitrogens is 1. The minimum atomic E-state index is 0.863. The smallest absolute Gasteiger partial charge is 0.151 e. The molecular formula is C20H14N2O. The van der Waals surface area contributed by atoms with Crippen molar-refractivity contribution in [2.24, 2.45) is 0 Å². The maximum Gasteiger partial charge on any atom is 0.151 e. The van der Waals surface area contributed by atoms with E-state index >= 15 is 0 Å². The second-order valence-electron chi connectivity index (χ2n) is 5.65. The van der Waals surface area contributed by atoms with Gasteiger partial charge in [-0.15, -0.1) is 0 Å². The van der Waals surface area contributed by atoms with Gasteiger partial charge in [0.25, 0.3) is 0 Å². The van der Waals surface area contributed by atoms with Crippen LogP contribution in [0.15, 0.2) is 79.0 Å². The van der Waals surface area contributed by atoms with Gasteiger partial charge < -0.3 is 14.6 Å². The van der Waals surface area contributed by atoms with Crippen LogP contribution in [0.3, 0.4) is 0 Å². The number of nitrogens with zero attached hydrogens (tertiary/aromatic N) is 1. The van der Waals surface area contributed by atoms with Gasteiger partial charge in [0.2, 0.25) is 0 Å². The second-order valence-corrected chi connectivity index (χ2v) is 5.65. The molecule has 3 heteroatoms. The highest BCUT2D eigenvalue weighted by Crippen LogP contribution is 2.43. The summed E-state index contributed by atoms with van der Waals surface area (Å²) in [5.41, 5.74) is 4.30. The Bertz CT molecular complexity index is 1020. The molecule has 0 saturated heterocycles. The fourth-order valence-corrected chi connectivity index (χ4v) is 3.08. The minimum Gasteiger partial charge on any atom is -0.453 e. The van der Waals surface area contributed by atoms with E-state index in [0.29, 0.717) is 0 Å². The molecule has 5 rings (SSSR count). The Labute approximate surface area is 133 Å². The highest BCUT2D eigenvalue weighted by Gasteiger charge is 2.17. The van der Waals surface area contributed by atoms with E-state index in [-0.39, 0.29) is 0 Å². The van der Waals surface area contributed by atoms with Gasteiger partial charge in [-0.1, -0.05) is 30.3 Å². The summed E-state index contributed by atoms with van der Waals surface area (Å²) in [6, 6.07) is 24.7. The monoisotopic (exact) mass is 298 g/mol. The molecule has 3 nitrogen and oxygen atoms in total. The lowest BCUT2D eigenvalue weighted by Gasteiger charge is -2.22. The van der Waals surface area contributed by atoms with Crippen molar-refractivity contribution in [1.29, 1.82) is 0 Å². The molecule has 0 amide bonds. The van der Waals surface area contributed by atoms with Crippen LogP contribution in [0.5, 0.6) is 11.5 Å². The normalized spacial score (nSPS) is 12.2. The summed E-state index contributed by atoms with van der Waals surface area (Å²) in [4.78, 5) is 0. The Hall–Kier alpha value is -3.20. The quantitative estimate of drug-likeness (QED) is 0.443. The molecule has 0 bridgehead atoms. The molecule has 0 spiro atoms. The van der Waals surface area contributed by atoms with E-state index in [9.17, 15) is 0 Å². The van der Waals surface area contributed by atoms with Crippen molar-refractivity contribution in [3.63, 3.8) is 0 Å². The largest absolute Gasteiger partial charge is 0.453 e. The van der Waals surface area contributed by atoms with E-state index < -0.39 is 0 Å². The maximum absolute atomic E-state index is 6.03. The van der Waals surface area contributed by atoms with Crippen molar-refractivity contribution in [3.8, 4) is 17.2 Å². The molecule has 1 aliphatic rings. The molecule has 3 aromatic carbocycles.